The zero-order valence-corrected chi connectivity index (χ0v) is 18.1. The molecule has 1 aliphatic heterocycles. The van der Waals surface area contributed by atoms with E-state index in [2.05, 4.69) is 27.2 Å². The van der Waals surface area contributed by atoms with Crippen molar-refractivity contribution in [1.82, 2.24) is 15.2 Å². The largest absolute Gasteiger partial charge is 0.573 e. The Labute approximate surface area is 190 Å². The molecular weight excluding hydrogens is 431 g/mol. The smallest absolute Gasteiger partial charge is 0.406 e. The van der Waals surface area contributed by atoms with Crippen molar-refractivity contribution in [2.24, 2.45) is 0 Å². The minimum atomic E-state index is -4.72. The first-order chi connectivity index (χ1) is 15.8. The molecule has 0 spiro atoms. The van der Waals surface area contributed by atoms with E-state index in [1.165, 1.54) is 12.1 Å². The van der Waals surface area contributed by atoms with Gasteiger partial charge in [0.25, 0.3) is 0 Å². The quantitative estimate of drug-likeness (QED) is 0.493. The Morgan fingerprint density at radius 2 is 1.88 bits per heavy atom. The van der Waals surface area contributed by atoms with E-state index in [1.54, 1.807) is 18.3 Å². The fourth-order valence-corrected chi connectivity index (χ4v) is 4.30. The first-order valence-electron chi connectivity index (χ1n) is 10.6. The van der Waals surface area contributed by atoms with E-state index in [4.69, 9.17) is 0 Å². The highest BCUT2D eigenvalue weighted by atomic mass is 19.4. The van der Waals surface area contributed by atoms with Gasteiger partial charge in [-0.2, -0.15) is 0 Å². The van der Waals surface area contributed by atoms with Gasteiger partial charge in [0.1, 0.15) is 12.0 Å². The van der Waals surface area contributed by atoms with Crippen LogP contribution in [0.1, 0.15) is 39.4 Å². The van der Waals surface area contributed by atoms with Gasteiger partial charge in [0.2, 0.25) is 0 Å². The van der Waals surface area contributed by atoms with Crippen LogP contribution < -0.4 is 10.1 Å². The molecule has 4 rings (SSSR count). The van der Waals surface area contributed by atoms with Gasteiger partial charge in [-0.1, -0.05) is 30.3 Å². The van der Waals surface area contributed by atoms with Gasteiger partial charge in [-0.3, -0.25) is 9.88 Å². The molecule has 1 aliphatic rings. The molecule has 8 heteroatoms. The zero-order valence-electron chi connectivity index (χ0n) is 18.1. The molecule has 1 N–H and O–H groups in total. The number of hydrogen-bond acceptors (Lipinski definition) is 5. The van der Waals surface area contributed by atoms with Gasteiger partial charge < -0.3 is 14.8 Å². The maximum absolute atomic E-state index is 12.4. The summed E-state index contributed by atoms with van der Waals surface area (Å²) >= 11 is 0. The lowest BCUT2D eigenvalue weighted by molar-refractivity contribution is -0.274. The number of pyridine rings is 1. The fraction of sp³-hybridized carbons (Fsp3) is 0.280. The second-order valence-electron chi connectivity index (χ2n) is 8.13. The van der Waals surface area contributed by atoms with Crippen LogP contribution in [0.3, 0.4) is 0 Å². The number of carbonyl (C=O) groups is 1. The van der Waals surface area contributed by atoms with Crippen LogP contribution in [0.25, 0.3) is 0 Å². The molecule has 1 aromatic heterocycles. The summed E-state index contributed by atoms with van der Waals surface area (Å²) in [6.45, 7) is 4.44. The van der Waals surface area contributed by atoms with Crippen molar-refractivity contribution in [2.75, 3.05) is 0 Å². The molecule has 172 valence electrons. The topological polar surface area (TPSA) is 54.5 Å². The second-order valence-corrected chi connectivity index (χ2v) is 8.13. The van der Waals surface area contributed by atoms with E-state index in [0.29, 0.717) is 26.2 Å². The molecule has 0 aliphatic carbocycles. The molecule has 5 nitrogen and oxygen atoms in total. The van der Waals surface area contributed by atoms with Crippen LogP contribution in [0, 0.1) is 6.92 Å². The van der Waals surface area contributed by atoms with Crippen molar-refractivity contribution in [3.05, 3.63) is 94.3 Å². The summed E-state index contributed by atoms with van der Waals surface area (Å²) in [5.41, 5.74) is 6.21. The minimum absolute atomic E-state index is 0.262. The molecule has 0 saturated carbocycles. The highest BCUT2D eigenvalue weighted by Gasteiger charge is 2.32. The molecule has 0 fully saturated rings. The summed E-state index contributed by atoms with van der Waals surface area (Å²) in [5, 5.41) is 3.42. The monoisotopic (exact) mass is 455 g/mol. The molecule has 0 radical (unpaired) electrons. The molecule has 0 amide bonds. The second kappa shape index (κ2) is 9.72. The number of rotatable bonds is 8. The lowest BCUT2D eigenvalue weighted by Gasteiger charge is -2.21. The molecule has 0 bridgehead atoms. The highest BCUT2D eigenvalue weighted by Crippen LogP contribution is 2.37. The van der Waals surface area contributed by atoms with E-state index in [9.17, 15) is 18.0 Å². The predicted octanol–water partition coefficient (Wildman–Crippen LogP) is 4.83. The Hall–Kier alpha value is -3.23. The van der Waals surface area contributed by atoms with Crippen molar-refractivity contribution in [1.29, 1.82) is 0 Å². The average Bonchev–Trinajstić information content (AvgIpc) is 3.12. The van der Waals surface area contributed by atoms with Gasteiger partial charge in [-0.15, -0.1) is 13.2 Å². The molecule has 1 atom stereocenters. The van der Waals surface area contributed by atoms with Crippen molar-refractivity contribution in [3.63, 3.8) is 0 Å². The lowest BCUT2D eigenvalue weighted by atomic mass is 9.96. The van der Waals surface area contributed by atoms with E-state index >= 15 is 0 Å². The van der Waals surface area contributed by atoms with Crippen molar-refractivity contribution in [3.8, 4) is 5.75 Å². The SMILES string of the molecule is Cc1cc(CNCc2cccnc2)cc2c1C(C=O)N(Cc1ccc(OC(F)(F)F)cc1)C2. The highest BCUT2D eigenvalue weighted by molar-refractivity contribution is 5.66. The molecule has 33 heavy (non-hydrogen) atoms. The summed E-state index contributed by atoms with van der Waals surface area (Å²) < 4.78 is 41.1. The number of nitrogens with zero attached hydrogens (tertiary/aromatic N) is 2. The Morgan fingerprint density at radius 3 is 2.55 bits per heavy atom. The Balaban J connectivity index is 1.43. The van der Waals surface area contributed by atoms with Crippen molar-refractivity contribution in [2.45, 2.75) is 45.5 Å². The number of benzene rings is 2. The third kappa shape index (κ3) is 5.77. The molecule has 2 aromatic carbocycles. The first kappa shape index (κ1) is 22.9. The Morgan fingerprint density at radius 1 is 1.12 bits per heavy atom. The number of alkyl halides is 3. The van der Waals surface area contributed by atoms with Crippen LogP contribution in [0.2, 0.25) is 0 Å². The Bertz CT molecular complexity index is 1100. The standard InChI is InChI=1S/C25H24F3N3O2/c1-17-9-20(13-30-12-19-3-2-8-29-11-19)10-21-15-31(23(16-32)24(17)21)14-18-4-6-22(7-5-18)33-25(26,27)28/h2-11,16,23,30H,12-15H2,1H3. The van der Waals surface area contributed by atoms with Gasteiger partial charge in [0.15, 0.2) is 0 Å². The maximum Gasteiger partial charge on any atom is 0.573 e. The van der Waals surface area contributed by atoms with Crippen LogP contribution >= 0.6 is 0 Å². The molecular formula is C25H24F3N3O2. The van der Waals surface area contributed by atoms with Crippen LogP contribution in [0.5, 0.6) is 5.75 Å². The van der Waals surface area contributed by atoms with Crippen LogP contribution in [0.15, 0.2) is 60.9 Å². The van der Waals surface area contributed by atoms with Crippen LogP contribution in [0.4, 0.5) is 13.2 Å². The number of nitrogens with one attached hydrogen (secondary N) is 1. The molecule has 1 unspecified atom stereocenters. The number of halogens is 3. The van der Waals surface area contributed by atoms with Gasteiger partial charge in [-0.05, 0) is 58.5 Å². The third-order valence-electron chi connectivity index (χ3n) is 5.65. The minimum Gasteiger partial charge on any atom is -0.406 e. The maximum atomic E-state index is 12.4. The first-order valence-corrected chi connectivity index (χ1v) is 10.6. The summed E-state index contributed by atoms with van der Waals surface area (Å²) in [6.07, 6.45) is -0.217. The Kier molecular flexibility index (Phi) is 6.76. The van der Waals surface area contributed by atoms with E-state index < -0.39 is 6.36 Å². The normalized spacial score (nSPS) is 15.9. The van der Waals surface area contributed by atoms with E-state index in [1.807, 2.05) is 30.2 Å². The third-order valence-corrected chi connectivity index (χ3v) is 5.65. The number of aryl methyl sites for hydroxylation is 1. The van der Waals surface area contributed by atoms with Crippen LogP contribution in [-0.4, -0.2) is 22.5 Å². The van der Waals surface area contributed by atoms with Gasteiger partial charge in [0, 0.05) is 38.6 Å². The fourth-order valence-electron chi connectivity index (χ4n) is 4.30. The number of fused-ring (bicyclic) bond motifs is 1. The summed E-state index contributed by atoms with van der Waals surface area (Å²) in [4.78, 5) is 18.1. The number of aromatic nitrogens is 1. The number of carbonyl (C=O) groups excluding carboxylic acids is 1. The van der Waals surface area contributed by atoms with Crippen molar-refractivity contribution >= 4 is 6.29 Å². The predicted molar refractivity (Wildman–Crippen MR) is 117 cm³/mol. The summed E-state index contributed by atoms with van der Waals surface area (Å²) in [5.74, 6) is -0.262. The molecule has 0 saturated heterocycles. The van der Waals surface area contributed by atoms with Crippen LogP contribution in [-0.2, 0) is 31.0 Å². The van der Waals surface area contributed by atoms with Gasteiger partial charge in [-0.25, -0.2) is 0 Å². The number of hydrogen-bond donors (Lipinski definition) is 1. The summed E-state index contributed by atoms with van der Waals surface area (Å²) in [7, 11) is 0. The van der Waals surface area contributed by atoms with E-state index in [0.717, 1.165) is 39.7 Å². The number of ether oxygens (including phenoxy) is 1. The molecule has 2 heterocycles. The van der Waals surface area contributed by atoms with Gasteiger partial charge in [0.05, 0.1) is 6.04 Å². The van der Waals surface area contributed by atoms with Crippen molar-refractivity contribution < 1.29 is 22.7 Å². The number of aldehydes is 1. The molecule has 3 aromatic rings. The summed E-state index contributed by atoms with van der Waals surface area (Å²) in [6, 6.07) is 13.5. The van der Waals surface area contributed by atoms with E-state index in [-0.39, 0.29) is 11.8 Å². The average molecular weight is 455 g/mol. The zero-order chi connectivity index (χ0) is 23.4. The lowest BCUT2D eigenvalue weighted by Crippen LogP contribution is -2.23. The van der Waals surface area contributed by atoms with Gasteiger partial charge >= 0.3 is 6.36 Å².